The topological polar surface area (TPSA) is 109 Å². The molecular weight excluding hydrogens is 350 g/mol. The Morgan fingerprint density at radius 3 is 2.19 bits per heavy atom. The summed E-state index contributed by atoms with van der Waals surface area (Å²) in [5.41, 5.74) is 1.18. The number of carboxylic acid groups (broad SMARTS) is 2. The summed E-state index contributed by atoms with van der Waals surface area (Å²) in [4.78, 5) is 18.2. The van der Waals surface area contributed by atoms with Gasteiger partial charge in [-0.15, -0.1) is 0 Å². The number of carboxylic acids is 2. The summed E-state index contributed by atoms with van der Waals surface area (Å²) in [6.07, 6.45) is 1.69. The van der Waals surface area contributed by atoms with E-state index in [-0.39, 0.29) is 0 Å². The van der Waals surface area contributed by atoms with Gasteiger partial charge in [0.05, 0.1) is 12.8 Å². The van der Waals surface area contributed by atoms with Crippen molar-refractivity contribution in [1.82, 2.24) is 5.32 Å². The van der Waals surface area contributed by atoms with Crippen molar-refractivity contribution in [2.24, 2.45) is 0 Å². The molecule has 3 aromatic rings. The molecule has 3 N–H and O–H groups in total. The zero-order valence-electron chi connectivity index (χ0n) is 14.4. The fourth-order valence-electron chi connectivity index (χ4n) is 2.09. The molecule has 0 unspecified atom stereocenters. The Hall–Kier alpha value is -3.58. The van der Waals surface area contributed by atoms with Crippen molar-refractivity contribution in [2.45, 2.75) is 13.1 Å². The SMILES string of the molecule is O=C(O)C(=O)O.c1ccc(Oc2cccc(CNCc3ccco3)c2)cc1. The fourth-order valence-corrected chi connectivity index (χ4v) is 2.09. The minimum absolute atomic E-state index is 0.719. The Labute approximate surface area is 155 Å². The van der Waals surface area contributed by atoms with E-state index in [4.69, 9.17) is 29.0 Å². The second-order valence-corrected chi connectivity index (χ2v) is 5.36. The van der Waals surface area contributed by atoms with Crippen LogP contribution in [-0.4, -0.2) is 22.2 Å². The number of ether oxygens (including phenoxy) is 1. The van der Waals surface area contributed by atoms with Crippen LogP contribution in [0.15, 0.2) is 77.4 Å². The molecule has 0 spiro atoms. The van der Waals surface area contributed by atoms with Crippen LogP contribution in [0.2, 0.25) is 0 Å². The lowest BCUT2D eigenvalue weighted by Gasteiger charge is -2.08. The highest BCUT2D eigenvalue weighted by atomic mass is 16.5. The van der Waals surface area contributed by atoms with Crippen molar-refractivity contribution in [1.29, 1.82) is 0 Å². The molecule has 0 bridgehead atoms. The molecule has 0 saturated heterocycles. The lowest BCUT2D eigenvalue weighted by Crippen LogP contribution is -2.12. The lowest BCUT2D eigenvalue weighted by atomic mass is 10.2. The van der Waals surface area contributed by atoms with Crippen molar-refractivity contribution < 1.29 is 29.0 Å². The number of para-hydroxylation sites is 1. The van der Waals surface area contributed by atoms with E-state index in [2.05, 4.69) is 11.4 Å². The third kappa shape index (κ3) is 7.45. The van der Waals surface area contributed by atoms with Crippen LogP contribution in [0.4, 0.5) is 0 Å². The zero-order valence-corrected chi connectivity index (χ0v) is 14.4. The summed E-state index contributed by atoms with van der Waals surface area (Å²) < 4.78 is 11.1. The maximum absolute atomic E-state index is 9.10. The van der Waals surface area contributed by atoms with Gasteiger partial charge in [0.2, 0.25) is 0 Å². The summed E-state index contributed by atoms with van der Waals surface area (Å²) in [7, 11) is 0. The van der Waals surface area contributed by atoms with Crippen LogP contribution in [0.1, 0.15) is 11.3 Å². The second-order valence-electron chi connectivity index (χ2n) is 5.36. The highest BCUT2D eigenvalue weighted by Gasteiger charge is 2.04. The zero-order chi connectivity index (χ0) is 19.5. The van der Waals surface area contributed by atoms with E-state index < -0.39 is 11.9 Å². The number of benzene rings is 2. The molecule has 1 heterocycles. The molecule has 0 radical (unpaired) electrons. The van der Waals surface area contributed by atoms with Gasteiger partial charge < -0.3 is 24.7 Å². The predicted octanol–water partition coefficient (Wildman–Crippen LogP) is 3.52. The average molecular weight is 369 g/mol. The Kier molecular flexibility index (Phi) is 7.62. The van der Waals surface area contributed by atoms with Crippen molar-refractivity contribution in [3.63, 3.8) is 0 Å². The van der Waals surface area contributed by atoms with Gasteiger partial charge in [-0.1, -0.05) is 30.3 Å². The molecule has 0 atom stereocenters. The van der Waals surface area contributed by atoms with Crippen molar-refractivity contribution >= 4 is 11.9 Å². The smallest absolute Gasteiger partial charge is 0.414 e. The quantitative estimate of drug-likeness (QED) is 0.570. The van der Waals surface area contributed by atoms with Gasteiger partial charge in [-0.25, -0.2) is 9.59 Å². The molecule has 3 rings (SSSR count). The van der Waals surface area contributed by atoms with Gasteiger partial charge in [0.15, 0.2) is 0 Å². The second kappa shape index (κ2) is 10.4. The van der Waals surface area contributed by atoms with Crippen molar-refractivity contribution in [3.8, 4) is 11.5 Å². The summed E-state index contributed by atoms with van der Waals surface area (Å²) in [6, 6.07) is 21.7. The first-order chi connectivity index (χ1) is 13.0. The van der Waals surface area contributed by atoms with Gasteiger partial charge in [0, 0.05) is 6.54 Å². The Bertz CT molecular complexity index is 834. The first-order valence-corrected chi connectivity index (χ1v) is 8.06. The Morgan fingerprint density at radius 2 is 1.56 bits per heavy atom. The van der Waals surface area contributed by atoms with E-state index in [1.807, 2.05) is 60.7 Å². The van der Waals surface area contributed by atoms with Gasteiger partial charge in [-0.2, -0.15) is 0 Å². The maximum atomic E-state index is 9.10. The average Bonchev–Trinajstić information content (AvgIpc) is 3.17. The predicted molar refractivity (Wildman–Crippen MR) is 97.5 cm³/mol. The highest BCUT2D eigenvalue weighted by molar-refractivity contribution is 6.27. The minimum atomic E-state index is -1.82. The molecule has 0 fully saturated rings. The van der Waals surface area contributed by atoms with Crippen molar-refractivity contribution in [3.05, 3.63) is 84.3 Å². The molecule has 0 aliphatic heterocycles. The van der Waals surface area contributed by atoms with E-state index in [1.165, 1.54) is 5.56 Å². The van der Waals surface area contributed by atoms with Crippen LogP contribution in [0.25, 0.3) is 0 Å². The fraction of sp³-hybridized carbons (Fsp3) is 0.100. The number of hydrogen-bond acceptors (Lipinski definition) is 5. The number of nitrogens with one attached hydrogen (secondary N) is 1. The van der Waals surface area contributed by atoms with Gasteiger partial charge in [-0.3, -0.25) is 0 Å². The van der Waals surface area contributed by atoms with Crippen LogP contribution in [0.3, 0.4) is 0 Å². The normalized spacial score (nSPS) is 9.78. The van der Waals surface area contributed by atoms with E-state index in [1.54, 1.807) is 6.26 Å². The van der Waals surface area contributed by atoms with Gasteiger partial charge in [0.1, 0.15) is 17.3 Å². The Morgan fingerprint density at radius 1 is 0.852 bits per heavy atom. The number of carbonyl (C=O) groups is 2. The third-order valence-electron chi connectivity index (χ3n) is 3.27. The first-order valence-electron chi connectivity index (χ1n) is 8.06. The van der Waals surface area contributed by atoms with E-state index in [0.717, 1.165) is 30.3 Å². The number of rotatable bonds is 6. The van der Waals surface area contributed by atoms with Crippen LogP contribution < -0.4 is 10.1 Å². The maximum Gasteiger partial charge on any atom is 0.414 e. The highest BCUT2D eigenvalue weighted by Crippen LogP contribution is 2.21. The van der Waals surface area contributed by atoms with Gasteiger partial charge >= 0.3 is 11.9 Å². The van der Waals surface area contributed by atoms with E-state index >= 15 is 0 Å². The van der Waals surface area contributed by atoms with Crippen LogP contribution in [-0.2, 0) is 22.7 Å². The molecule has 2 aromatic carbocycles. The molecule has 0 aliphatic rings. The molecule has 27 heavy (non-hydrogen) atoms. The number of furan rings is 1. The van der Waals surface area contributed by atoms with E-state index in [9.17, 15) is 0 Å². The molecule has 1 aromatic heterocycles. The van der Waals surface area contributed by atoms with Crippen LogP contribution in [0.5, 0.6) is 11.5 Å². The first kappa shape index (κ1) is 19.7. The number of hydrogen-bond donors (Lipinski definition) is 3. The Balaban J connectivity index is 0.000000380. The molecule has 140 valence electrons. The molecule has 0 aliphatic carbocycles. The van der Waals surface area contributed by atoms with E-state index in [0.29, 0.717) is 0 Å². The lowest BCUT2D eigenvalue weighted by molar-refractivity contribution is -0.159. The van der Waals surface area contributed by atoms with Crippen LogP contribution >= 0.6 is 0 Å². The molecule has 0 amide bonds. The monoisotopic (exact) mass is 369 g/mol. The summed E-state index contributed by atoms with van der Waals surface area (Å²) in [5, 5.41) is 18.1. The van der Waals surface area contributed by atoms with Crippen LogP contribution in [0, 0.1) is 0 Å². The van der Waals surface area contributed by atoms with Gasteiger partial charge in [0.25, 0.3) is 0 Å². The van der Waals surface area contributed by atoms with Crippen molar-refractivity contribution in [2.75, 3.05) is 0 Å². The molecule has 7 heteroatoms. The number of aliphatic carboxylic acids is 2. The summed E-state index contributed by atoms with van der Waals surface area (Å²) >= 11 is 0. The van der Waals surface area contributed by atoms with Gasteiger partial charge in [-0.05, 0) is 42.0 Å². The standard InChI is InChI=1S/C18H17NO2.C2H2O4/c1-2-7-16(8-3-1)21-17-9-4-6-15(12-17)13-19-14-18-10-5-11-20-18;3-1(4)2(5)6/h1-12,19H,13-14H2;(H,3,4)(H,5,6). The molecular formula is C20H19NO6. The molecule has 7 nitrogen and oxygen atoms in total. The summed E-state index contributed by atoms with van der Waals surface area (Å²) in [5.74, 6) is -1.02. The third-order valence-corrected chi connectivity index (χ3v) is 3.27. The summed E-state index contributed by atoms with van der Waals surface area (Å²) in [6.45, 7) is 1.49. The minimum Gasteiger partial charge on any atom is -0.473 e. The largest absolute Gasteiger partial charge is 0.473 e. The molecule has 0 saturated carbocycles.